The van der Waals surface area contributed by atoms with Crippen molar-refractivity contribution >= 4 is 24.5 Å². The average molecular weight is 605 g/mol. The Labute approximate surface area is 268 Å². The second-order valence-electron chi connectivity index (χ2n) is 16.8. The minimum absolute atomic E-state index is 0.00190. The molecule has 0 fully saturated rings. The summed E-state index contributed by atoms with van der Waals surface area (Å²) in [5.41, 5.74) is 8.69. The third-order valence-corrected chi connectivity index (χ3v) is 17.1. The number of allylic oxidation sites excluding steroid dienone is 4. The molecule has 234 valence electrons. The standard InChI is InChI=1S/C42H56OSi/c1-12-25-43-32-17-15-16-18-33(32)44(13-2,14-3)38-31-27-40(6,7)21-19-28(31)34-35(38)30-26-39(4,5)22-20-29(30)36-37(34)42(10,11)24-23-41(36,8)9/h12,15-18,23-24,26-28H,1,13-14,19-22,25H2,2-11H3. The molecule has 44 heavy (non-hydrogen) atoms. The van der Waals surface area contributed by atoms with E-state index in [-0.39, 0.29) is 21.7 Å². The molecule has 0 saturated heterocycles. The Kier molecular flexibility index (Phi) is 7.48. The van der Waals surface area contributed by atoms with Gasteiger partial charge in [-0.15, -0.1) is 0 Å². The van der Waals surface area contributed by atoms with Crippen molar-refractivity contribution < 1.29 is 4.74 Å². The van der Waals surface area contributed by atoms with Gasteiger partial charge in [-0.2, -0.15) is 0 Å². The molecule has 1 nitrogen and oxygen atoms in total. The molecular weight excluding hydrogens is 549 g/mol. The Morgan fingerprint density at radius 3 is 2.16 bits per heavy atom. The highest BCUT2D eigenvalue weighted by atomic mass is 28.3. The van der Waals surface area contributed by atoms with Gasteiger partial charge in [0.1, 0.15) is 20.4 Å². The number of benzene rings is 2. The van der Waals surface area contributed by atoms with Crippen molar-refractivity contribution in [1.82, 2.24) is 0 Å². The molecule has 4 aliphatic carbocycles. The van der Waals surface area contributed by atoms with Gasteiger partial charge in [-0.05, 0) is 91.2 Å². The second-order valence-corrected chi connectivity index (χ2v) is 21.4. The zero-order chi connectivity index (χ0) is 31.9. The summed E-state index contributed by atoms with van der Waals surface area (Å²) in [6.07, 6.45) is 17.2. The van der Waals surface area contributed by atoms with Crippen molar-refractivity contribution in [3.8, 4) is 5.75 Å². The van der Waals surface area contributed by atoms with Gasteiger partial charge in [0.05, 0.1) is 0 Å². The molecule has 2 aromatic rings. The van der Waals surface area contributed by atoms with Crippen LogP contribution in [0.3, 0.4) is 0 Å². The summed E-state index contributed by atoms with van der Waals surface area (Å²) in [6.45, 7) is 29.2. The van der Waals surface area contributed by atoms with Crippen molar-refractivity contribution in [3.63, 3.8) is 0 Å². The van der Waals surface area contributed by atoms with Gasteiger partial charge >= 0.3 is 0 Å². The maximum Gasteiger partial charge on any atom is 0.123 e. The molecule has 0 spiro atoms. The molecule has 0 radical (unpaired) electrons. The van der Waals surface area contributed by atoms with E-state index < -0.39 is 8.07 Å². The quantitative estimate of drug-likeness (QED) is 0.226. The molecule has 0 aliphatic heterocycles. The lowest BCUT2D eigenvalue weighted by molar-refractivity contribution is 0.366. The van der Waals surface area contributed by atoms with Crippen LogP contribution in [0.25, 0.3) is 11.3 Å². The molecule has 0 heterocycles. The van der Waals surface area contributed by atoms with E-state index in [0.717, 1.165) is 12.2 Å². The Bertz CT molecular complexity index is 1700. The van der Waals surface area contributed by atoms with Crippen LogP contribution < -0.4 is 20.4 Å². The van der Waals surface area contributed by atoms with Gasteiger partial charge in [-0.3, -0.25) is 0 Å². The highest BCUT2D eigenvalue weighted by Crippen LogP contribution is 2.55. The Morgan fingerprint density at radius 2 is 1.50 bits per heavy atom. The lowest BCUT2D eigenvalue weighted by atomic mass is 9.61. The topological polar surface area (TPSA) is 9.23 Å². The molecule has 0 saturated carbocycles. The number of hydrogen-bond donors (Lipinski definition) is 0. The van der Waals surface area contributed by atoms with E-state index in [1.807, 2.05) is 6.08 Å². The summed E-state index contributed by atoms with van der Waals surface area (Å²) < 4.78 is 6.48. The summed E-state index contributed by atoms with van der Waals surface area (Å²) in [7, 11) is -2.28. The van der Waals surface area contributed by atoms with Gasteiger partial charge in [0.25, 0.3) is 0 Å². The van der Waals surface area contributed by atoms with Crippen molar-refractivity contribution in [2.24, 2.45) is 10.8 Å². The first kappa shape index (κ1) is 31.4. The third kappa shape index (κ3) is 4.69. The first-order valence-corrected chi connectivity index (χ1v) is 19.8. The Hall–Kier alpha value is -2.58. The fourth-order valence-electron chi connectivity index (χ4n) is 9.48. The van der Waals surface area contributed by atoms with Crippen LogP contribution in [0.5, 0.6) is 5.75 Å². The van der Waals surface area contributed by atoms with Crippen molar-refractivity contribution in [1.29, 1.82) is 0 Å². The Balaban J connectivity index is 1.89. The largest absolute Gasteiger partial charge is 0.490 e. The van der Waals surface area contributed by atoms with Crippen molar-refractivity contribution in [2.75, 3.05) is 6.61 Å². The number of hydrogen-bond acceptors (Lipinski definition) is 1. The number of para-hydroxylation sites is 1. The second kappa shape index (κ2) is 10.5. The lowest BCUT2D eigenvalue weighted by Gasteiger charge is -2.43. The highest BCUT2D eigenvalue weighted by molar-refractivity contribution is 7.06. The van der Waals surface area contributed by atoms with Gasteiger partial charge < -0.3 is 4.74 Å². The summed E-state index contributed by atoms with van der Waals surface area (Å²) in [6, 6.07) is 11.4. The van der Waals surface area contributed by atoms with Crippen molar-refractivity contribution in [2.45, 2.75) is 124 Å². The van der Waals surface area contributed by atoms with Crippen molar-refractivity contribution in [3.05, 3.63) is 93.4 Å². The fourth-order valence-corrected chi connectivity index (χ4v) is 14.3. The van der Waals surface area contributed by atoms with Crippen LogP contribution in [-0.2, 0) is 17.3 Å². The van der Waals surface area contributed by atoms with Crippen LogP contribution in [0.1, 0.15) is 117 Å². The van der Waals surface area contributed by atoms with Gasteiger partial charge in [0, 0.05) is 16.7 Å². The van der Waals surface area contributed by atoms with E-state index in [2.05, 4.69) is 124 Å². The molecule has 4 aliphatic rings. The molecule has 0 bridgehead atoms. The maximum absolute atomic E-state index is 6.48. The summed E-state index contributed by atoms with van der Waals surface area (Å²) in [5, 5.41) is 6.44. The van der Waals surface area contributed by atoms with E-state index in [0.29, 0.717) is 12.5 Å². The predicted molar refractivity (Wildman–Crippen MR) is 193 cm³/mol. The number of ether oxygens (including phenoxy) is 1. The predicted octanol–water partition coefficient (Wildman–Crippen LogP) is 9.06. The summed E-state index contributed by atoms with van der Waals surface area (Å²) >= 11 is 0. The van der Waals surface area contributed by atoms with Crippen LogP contribution in [0.15, 0.2) is 60.7 Å². The molecular formula is C42H56OSi. The van der Waals surface area contributed by atoms with E-state index >= 15 is 0 Å². The molecule has 1 atom stereocenters. The smallest absolute Gasteiger partial charge is 0.123 e. The first-order chi connectivity index (χ1) is 20.6. The van der Waals surface area contributed by atoms with Crippen LogP contribution in [0.2, 0.25) is 12.1 Å². The van der Waals surface area contributed by atoms with Crippen LogP contribution in [0, 0.1) is 10.8 Å². The molecule has 2 aromatic carbocycles. The minimum atomic E-state index is -2.28. The number of rotatable bonds is 7. The minimum Gasteiger partial charge on any atom is -0.490 e. The molecule has 2 heteroatoms. The maximum atomic E-state index is 6.48. The molecule has 6 rings (SSSR count). The molecule has 0 aromatic heterocycles. The Morgan fingerprint density at radius 1 is 0.864 bits per heavy atom. The first-order valence-electron chi connectivity index (χ1n) is 17.4. The van der Waals surface area contributed by atoms with Crippen LogP contribution >= 0.6 is 0 Å². The molecule has 0 amide bonds. The van der Waals surface area contributed by atoms with Crippen LogP contribution in [-0.4, -0.2) is 14.7 Å². The zero-order valence-corrected chi connectivity index (χ0v) is 30.3. The lowest BCUT2D eigenvalue weighted by Crippen LogP contribution is -2.53. The van der Waals surface area contributed by atoms with Crippen LogP contribution in [0.4, 0.5) is 0 Å². The van der Waals surface area contributed by atoms with E-state index in [1.165, 1.54) is 36.5 Å². The van der Waals surface area contributed by atoms with E-state index in [1.54, 1.807) is 43.5 Å². The molecule has 1 unspecified atom stereocenters. The summed E-state index contributed by atoms with van der Waals surface area (Å²) in [5.74, 6) is 1.54. The average Bonchev–Trinajstić information content (AvgIpc) is 3.28. The summed E-state index contributed by atoms with van der Waals surface area (Å²) in [4.78, 5) is 0. The van der Waals surface area contributed by atoms with Gasteiger partial charge in [0.2, 0.25) is 0 Å². The van der Waals surface area contributed by atoms with E-state index in [9.17, 15) is 0 Å². The van der Waals surface area contributed by atoms with E-state index in [4.69, 9.17) is 4.74 Å². The SMILES string of the molecule is C=CCOc1ccccc1[Si](CC)(CC)C1=c2c(c3c(c4c2=CC(C)(C)CC4)C(C)(C)C=CC3(C)C)C2CCC(C)(C)C=C12. The molecule has 0 N–H and O–H groups in total. The fraction of sp³-hybridized carbons (Fsp3) is 0.524. The number of fused-ring (bicyclic) bond motifs is 8. The van der Waals surface area contributed by atoms with Gasteiger partial charge in [-0.1, -0.05) is 136 Å². The third-order valence-electron chi connectivity index (χ3n) is 11.8. The highest BCUT2D eigenvalue weighted by Gasteiger charge is 2.50. The normalized spacial score (nSPS) is 23.5. The van der Waals surface area contributed by atoms with Gasteiger partial charge in [-0.25, -0.2) is 0 Å². The zero-order valence-electron chi connectivity index (χ0n) is 29.3. The van der Waals surface area contributed by atoms with Gasteiger partial charge in [0.15, 0.2) is 0 Å². The monoisotopic (exact) mass is 604 g/mol.